The Bertz CT molecular complexity index is 609. The van der Waals surface area contributed by atoms with Gasteiger partial charge in [-0.15, -0.1) is 0 Å². The number of hydrogen-bond donors (Lipinski definition) is 1. The Hall–Kier alpha value is -2.08. The normalized spacial score (nSPS) is 13.1. The van der Waals surface area contributed by atoms with Crippen molar-refractivity contribution in [3.63, 3.8) is 0 Å². The molecular weight excluding hydrogens is 255 g/mol. The van der Waals surface area contributed by atoms with Gasteiger partial charge in [0.2, 0.25) is 0 Å². The predicted octanol–water partition coefficient (Wildman–Crippen LogP) is -0.658. The number of hydrogen-bond acceptors (Lipinski definition) is 4. The molecular formula is C9H8F3N3O3. The lowest BCUT2D eigenvalue weighted by molar-refractivity contribution is -0.207. The molecule has 0 amide bonds. The Morgan fingerprint density at radius 1 is 1.50 bits per heavy atom. The molecule has 98 valence electrons. The molecule has 9 heteroatoms. The fourth-order valence-electron chi connectivity index (χ4n) is 1.24. The maximum Gasteiger partial charge on any atom is 0.416 e. The van der Waals surface area contributed by atoms with Crippen LogP contribution < -0.4 is 11.2 Å². The zero-order valence-corrected chi connectivity index (χ0v) is 9.10. The number of rotatable bonds is 2. The van der Waals surface area contributed by atoms with Crippen molar-refractivity contribution in [3.05, 3.63) is 32.6 Å². The van der Waals surface area contributed by atoms with Gasteiger partial charge >= 0.3 is 11.9 Å². The van der Waals surface area contributed by atoms with Crippen LogP contribution in [0.3, 0.4) is 0 Å². The van der Waals surface area contributed by atoms with Gasteiger partial charge in [0, 0.05) is 13.2 Å². The average Bonchev–Trinajstić information content (AvgIpc) is 2.27. The number of nitrogens with zero attached hydrogens (tertiary/aromatic N) is 3. The number of aryl methyl sites for hydroxylation is 1. The van der Waals surface area contributed by atoms with Crippen molar-refractivity contribution in [2.45, 2.75) is 18.8 Å². The summed E-state index contributed by atoms with van der Waals surface area (Å²) in [5.41, 5.74) is -2.68. The summed E-state index contributed by atoms with van der Waals surface area (Å²) in [5, 5.41) is 17.4. The number of halogens is 3. The Labute approximate surface area is 98.1 Å². The smallest absolute Gasteiger partial charge is 0.382 e. The molecule has 0 aliphatic rings. The minimum atomic E-state index is -4.95. The molecule has 0 saturated carbocycles. The molecule has 0 saturated heterocycles. The van der Waals surface area contributed by atoms with Crippen LogP contribution in [-0.2, 0) is 13.6 Å². The standard InChI is InChI=1S/C9H8F3N3O3/c1-14-3-5(2-13)7(17)15(8(14)18)4-6(16)9(10,11)12/h3,6,16H,4H2,1H3. The fraction of sp³-hybridized carbons (Fsp3) is 0.444. The Morgan fingerprint density at radius 3 is 2.50 bits per heavy atom. The first-order chi connectivity index (χ1) is 8.18. The van der Waals surface area contributed by atoms with E-state index in [2.05, 4.69) is 0 Å². The number of nitriles is 1. The van der Waals surface area contributed by atoms with E-state index >= 15 is 0 Å². The van der Waals surface area contributed by atoms with Crippen molar-refractivity contribution in [2.75, 3.05) is 0 Å². The quantitative estimate of drug-likeness (QED) is 0.767. The van der Waals surface area contributed by atoms with Crippen LogP contribution in [0.25, 0.3) is 0 Å². The summed E-state index contributed by atoms with van der Waals surface area (Å²) in [6, 6.07) is 1.46. The summed E-state index contributed by atoms with van der Waals surface area (Å²) in [7, 11) is 1.18. The highest BCUT2D eigenvalue weighted by atomic mass is 19.4. The third-order valence-corrected chi connectivity index (χ3v) is 2.18. The van der Waals surface area contributed by atoms with Gasteiger partial charge in [-0.25, -0.2) is 4.79 Å². The van der Waals surface area contributed by atoms with E-state index < -0.39 is 35.6 Å². The van der Waals surface area contributed by atoms with E-state index in [0.717, 1.165) is 10.8 Å². The lowest BCUT2D eigenvalue weighted by atomic mass is 10.3. The summed E-state index contributed by atoms with van der Waals surface area (Å²) in [6.45, 7) is -1.25. The molecule has 0 aromatic carbocycles. The minimum Gasteiger partial charge on any atom is -0.382 e. The van der Waals surface area contributed by atoms with Crippen LogP contribution in [0, 0.1) is 11.3 Å². The third-order valence-electron chi connectivity index (χ3n) is 2.18. The van der Waals surface area contributed by atoms with E-state index in [1.807, 2.05) is 0 Å². The van der Waals surface area contributed by atoms with Crippen molar-refractivity contribution in [3.8, 4) is 6.07 Å². The molecule has 0 aliphatic carbocycles. The molecule has 1 aromatic rings. The van der Waals surface area contributed by atoms with Gasteiger partial charge in [-0.3, -0.25) is 9.36 Å². The van der Waals surface area contributed by atoms with Crippen LogP contribution in [-0.4, -0.2) is 26.5 Å². The van der Waals surface area contributed by atoms with Gasteiger partial charge in [-0.1, -0.05) is 0 Å². The van der Waals surface area contributed by atoms with Crippen molar-refractivity contribution >= 4 is 0 Å². The molecule has 1 N–H and O–H groups in total. The fourth-order valence-corrected chi connectivity index (χ4v) is 1.24. The molecule has 6 nitrogen and oxygen atoms in total. The molecule has 0 radical (unpaired) electrons. The average molecular weight is 263 g/mol. The molecule has 0 fully saturated rings. The van der Waals surface area contributed by atoms with E-state index in [4.69, 9.17) is 10.4 Å². The number of aliphatic hydroxyl groups excluding tert-OH is 1. The topological polar surface area (TPSA) is 88.0 Å². The van der Waals surface area contributed by atoms with E-state index in [9.17, 15) is 22.8 Å². The van der Waals surface area contributed by atoms with Crippen molar-refractivity contribution in [1.29, 1.82) is 5.26 Å². The summed E-state index contributed by atoms with van der Waals surface area (Å²) in [5.74, 6) is 0. The number of alkyl halides is 3. The summed E-state index contributed by atoms with van der Waals surface area (Å²) >= 11 is 0. The Kier molecular flexibility index (Phi) is 3.62. The second-order valence-corrected chi connectivity index (χ2v) is 3.52. The SMILES string of the molecule is Cn1cc(C#N)c(=O)n(CC(O)C(F)(F)F)c1=O. The predicted molar refractivity (Wildman–Crippen MR) is 52.7 cm³/mol. The Balaban J connectivity index is 3.35. The highest BCUT2D eigenvalue weighted by Gasteiger charge is 2.39. The van der Waals surface area contributed by atoms with Crippen molar-refractivity contribution < 1.29 is 18.3 Å². The van der Waals surface area contributed by atoms with Gasteiger partial charge in [0.1, 0.15) is 11.6 Å². The van der Waals surface area contributed by atoms with Gasteiger partial charge in [-0.2, -0.15) is 18.4 Å². The zero-order chi connectivity index (χ0) is 14.1. The van der Waals surface area contributed by atoms with Gasteiger partial charge < -0.3 is 9.67 Å². The molecule has 1 atom stereocenters. The highest BCUT2D eigenvalue weighted by molar-refractivity contribution is 5.22. The van der Waals surface area contributed by atoms with Crippen LogP contribution >= 0.6 is 0 Å². The van der Waals surface area contributed by atoms with Gasteiger partial charge in [0.25, 0.3) is 5.56 Å². The summed E-state index contributed by atoms with van der Waals surface area (Å²) in [4.78, 5) is 22.9. The first-order valence-corrected chi connectivity index (χ1v) is 4.64. The molecule has 0 bridgehead atoms. The number of aliphatic hydroxyl groups is 1. The van der Waals surface area contributed by atoms with Gasteiger partial charge in [0.05, 0.1) is 6.54 Å². The lowest BCUT2D eigenvalue weighted by Gasteiger charge is -2.15. The molecule has 1 rings (SSSR count). The molecule has 0 spiro atoms. The largest absolute Gasteiger partial charge is 0.416 e. The highest BCUT2D eigenvalue weighted by Crippen LogP contribution is 2.20. The monoisotopic (exact) mass is 263 g/mol. The second-order valence-electron chi connectivity index (χ2n) is 3.52. The summed E-state index contributed by atoms with van der Waals surface area (Å²) in [6.07, 6.45) is -6.88. The van der Waals surface area contributed by atoms with E-state index in [-0.39, 0.29) is 4.57 Å². The van der Waals surface area contributed by atoms with Gasteiger partial charge in [0.15, 0.2) is 6.10 Å². The molecule has 1 heterocycles. The summed E-state index contributed by atoms with van der Waals surface area (Å²) < 4.78 is 37.4. The molecule has 1 aromatic heterocycles. The van der Waals surface area contributed by atoms with Crippen LogP contribution in [0.4, 0.5) is 13.2 Å². The first-order valence-electron chi connectivity index (χ1n) is 4.64. The zero-order valence-electron chi connectivity index (χ0n) is 9.10. The first kappa shape index (κ1) is 14.0. The van der Waals surface area contributed by atoms with Crippen molar-refractivity contribution in [2.24, 2.45) is 7.05 Å². The molecule has 1 unspecified atom stereocenters. The van der Waals surface area contributed by atoms with E-state index in [0.29, 0.717) is 0 Å². The maximum atomic E-state index is 12.1. The van der Waals surface area contributed by atoms with Gasteiger partial charge in [-0.05, 0) is 0 Å². The van der Waals surface area contributed by atoms with Crippen LogP contribution in [0.5, 0.6) is 0 Å². The van der Waals surface area contributed by atoms with E-state index in [1.165, 1.54) is 13.1 Å². The van der Waals surface area contributed by atoms with Crippen molar-refractivity contribution in [1.82, 2.24) is 9.13 Å². The van der Waals surface area contributed by atoms with Crippen LogP contribution in [0.15, 0.2) is 15.8 Å². The second kappa shape index (κ2) is 4.66. The Morgan fingerprint density at radius 2 is 2.06 bits per heavy atom. The minimum absolute atomic E-state index is 0.177. The number of aromatic nitrogens is 2. The van der Waals surface area contributed by atoms with Crippen LogP contribution in [0.2, 0.25) is 0 Å². The maximum absolute atomic E-state index is 12.1. The molecule has 0 aliphatic heterocycles. The lowest BCUT2D eigenvalue weighted by Crippen LogP contribution is -2.45. The van der Waals surface area contributed by atoms with Crippen LogP contribution in [0.1, 0.15) is 5.56 Å². The molecule has 18 heavy (non-hydrogen) atoms. The van der Waals surface area contributed by atoms with E-state index in [1.54, 1.807) is 0 Å². The third kappa shape index (κ3) is 2.60.